The van der Waals surface area contributed by atoms with Crippen LogP contribution in [0.5, 0.6) is 0 Å². The molecule has 0 bridgehead atoms. The molecular formula is C18H25N3O3S. The van der Waals surface area contributed by atoms with E-state index in [1.807, 2.05) is 21.9 Å². The third kappa shape index (κ3) is 4.60. The zero-order valence-electron chi connectivity index (χ0n) is 14.6. The Morgan fingerprint density at radius 2 is 2.00 bits per heavy atom. The van der Waals surface area contributed by atoms with Gasteiger partial charge in [-0.1, -0.05) is 0 Å². The summed E-state index contributed by atoms with van der Waals surface area (Å²) in [6.45, 7) is 5.21. The van der Waals surface area contributed by atoms with Crippen molar-refractivity contribution < 1.29 is 14.4 Å². The smallest absolute Gasteiger partial charge is 0.263 e. The molecular weight excluding hydrogens is 338 g/mol. The molecule has 136 valence electrons. The van der Waals surface area contributed by atoms with Crippen molar-refractivity contribution in [3.8, 4) is 0 Å². The first-order valence-electron chi connectivity index (χ1n) is 8.93. The normalized spacial score (nSPS) is 18.7. The van der Waals surface area contributed by atoms with Gasteiger partial charge in [0.1, 0.15) is 0 Å². The summed E-state index contributed by atoms with van der Waals surface area (Å²) in [7, 11) is 0. The Labute approximate surface area is 152 Å². The molecule has 7 heteroatoms. The second-order valence-corrected chi connectivity index (χ2v) is 8.02. The van der Waals surface area contributed by atoms with Crippen molar-refractivity contribution in [3.63, 3.8) is 0 Å². The minimum absolute atomic E-state index is 0.0696. The van der Waals surface area contributed by atoms with E-state index in [1.165, 1.54) is 18.3 Å². The summed E-state index contributed by atoms with van der Waals surface area (Å²) in [6, 6.07) is 3.75. The predicted octanol–water partition coefficient (Wildman–Crippen LogP) is 1.86. The van der Waals surface area contributed by atoms with Crippen molar-refractivity contribution in [2.45, 2.75) is 39.2 Å². The average molecular weight is 363 g/mol. The van der Waals surface area contributed by atoms with Crippen LogP contribution in [0.2, 0.25) is 0 Å². The average Bonchev–Trinajstić information content (AvgIpc) is 3.23. The highest BCUT2D eigenvalue weighted by atomic mass is 32.1. The largest absolute Gasteiger partial charge is 0.351 e. The monoisotopic (exact) mass is 363 g/mol. The zero-order valence-corrected chi connectivity index (χ0v) is 15.4. The predicted molar refractivity (Wildman–Crippen MR) is 96.3 cm³/mol. The van der Waals surface area contributed by atoms with Crippen LogP contribution in [0.3, 0.4) is 0 Å². The van der Waals surface area contributed by atoms with E-state index < -0.39 is 0 Å². The number of carbonyl (C=O) groups is 3. The summed E-state index contributed by atoms with van der Waals surface area (Å²) < 4.78 is 0. The van der Waals surface area contributed by atoms with E-state index in [-0.39, 0.29) is 17.7 Å². The number of nitrogens with zero attached hydrogens (tertiary/aromatic N) is 2. The second-order valence-electron chi connectivity index (χ2n) is 6.85. The Morgan fingerprint density at radius 3 is 2.64 bits per heavy atom. The van der Waals surface area contributed by atoms with Gasteiger partial charge in [0.25, 0.3) is 5.91 Å². The van der Waals surface area contributed by atoms with Gasteiger partial charge in [-0.05, 0) is 37.3 Å². The van der Waals surface area contributed by atoms with E-state index in [1.54, 1.807) is 0 Å². The number of likely N-dealkylation sites (tertiary alicyclic amines) is 2. The number of piperidine rings is 1. The van der Waals surface area contributed by atoms with E-state index in [0.717, 1.165) is 55.2 Å². The van der Waals surface area contributed by atoms with Crippen LogP contribution in [-0.2, 0) is 16.1 Å². The molecule has 1 N–H and O–H groups in total. The first kappa shape index (κ1) is 17.9. The van der Waals surface area contributed by atoms with E-state index in [2.05, 4.69) is 5.32 Å². The summed E-state index contributed by atoms with van der Waals surface area (Å²) in [5.41, 5.74) is 0. The number of hydrogen-bond donors (Lipinski definition) is 1. The summed E-state index contributed by atoms with van der Waals surface area (Å²) in [4.78, 5) is 41.0. The maximum atomic E-state index is 12.6. The van der Waals surface area contributed by atoms with Crippen LogP contribution in [0.15, 0.2) is 12.1 Å². The third-order valence-electron chi connectivity index (χ3n) is 4.94. The summed E-state index contributed by atoms with van der Waals surface area (Å²) in [5, 5.41) is 2.75. The Kier molecular flexibility index (Phi) is 5.73. The molecule has 2 fully saturated rings. The molecule has 2 saturated heterocycles. The van der Waals surface area contributed by atoms with Crippen molar-refractivity contribution >= 4 is 29.1 Å². The number of hydrogen-bond acceptors (Lipinski definition) is 4. The van der Waals surface area contributed by atoms with Gasteiger partial charge < -0.3 is 15.1 Å². The van der Waals surface area contributed by atoms with Gasteiger partial charge in [0.05, 0.1) is 11.4 Å². The summed E-state index contributed by atoms with van der Waals surface area (Å²) in [6.07, 6.45) is 3.59. The number of carbonyl (C=O) groups excluding carboxylic acids is 3. The van der Waals surface area contributed by atoms with E-state index in [9.17, 15) is 14.4 Å². The molecule has 6 nitrogen and oxygen atoms in total. The molecule has 0 spiro atoms. The highest BCUT2D eigenvalue weighted by Crippen LogP contribution is 2.24. The minimum atomic E-state index is -0.0696. The Bertz CT molecular complexity index is 650. The molecule has 3 amide bonds. The Hall–Kier alpha value is -1.89. The first-order chi connectivity index (χ1) is 12.0. The van der Waals surface area contributed by atoms with Crippen LogP contribution in [0.4, 0.5) is 0 Å². The maximum Gasteiger partial charge on any atom is 0.263 e. The van der Waals surface area contributed by atoms with E-state index >= 15 is 0 Å². The van der Waals surface area contributed by atoms with Gasteiger partial charge in [-0.3, -0.25) is 14.4 Å². The van der Waals surface area contributed by atoms with Gasteiger partial charge in [-0.25, -0.2) is 0 Å². The van der Waals surface area contributed by atoms with Gasteiger partial charge in [0, 0.05) is 44.4 Å². The molecule has 1 aromatic heterocycles. The molecule has 0 radical (unpaired) electrons. The number of amides is 3. The number of thiophene rings is 1. The lowest BCUT2D eigenvalue weighted by Crippen LogP contribution is -2.41. The van der Waals surface area contributed by atoms with Crippen molar-refractivity contribution in [1.82, 2.24) is 15.1 Å². The molecule has 0 atom stereocenters. The number of nitrogens with one attached hydrogen (secondary N) is 1. The standard InChI is InChI=1S/C18H25N3O3S/c1-13(22)19-11-15-4-5-16(25-15)18(24)20-9-6-14(7-10-20)12-21-8-2-3-17(21)23/h4-5,14H,2-3,6-12H2,1H3,(H,19,22). The summed E-state index contributed by atoms with van der Waals surface area (Å²) in [5.74, 6) is 0.795. The van der Waals surface area contributed by atoms with Crippen LogP contribution >= 0.6 is 11.3 Å². The SMILES string of the molecule is CC(=O)NCc1ccc(C(=O)N2CCC(CN3CCCC3=O)CC2)s1. The fourth-order valence-corrected chi connectivity index (χ4v) is 4.40. The van der Waals surface area contributed by atoms with E-state index in [4.69, 9.17) is 0 Å². The van der Waals surface area contributed by atoms with Crippen molar-refractivity contribution in [3.05, 3.63) is 21.9 Å². The van der Waals surface area contributed by atoms with Crippen molar-refractivity contribution in [2.24, 2.45) is 5.92 Å². The lowest BCUT2D eigenvalue weighted by molar-refractivity contribution is -0.128. The third-order valence-corrected chi connectivity index (χ3v) is 6.01. The summed E-state index contributed by atoms with van der Waals surface area (Å²) >= 11 is 1.45. The Balaban J connectivity index is 1.48. The first-order valence-corrected chi connectivity index (χ1v) is 9.75. The van der Waals surface area contributed by atoms with Gasteiger partial charge in [0.2, 0.25) is 11.8 Å². The van der Waals surface area contributed by atoms with Crippen molar-refractivity contribution in [1.29, 1.82) is 0 Å². The number of rotatable bonds is 5. The molecule has 1 aromatic rings. The molecule has 3 rings (SSSR count). The topological polar surface area (TPSA) is 69.7 Å². The van der Waals surface area contributed by atoms with Gasteiger partial charge in [-0.15, -0.1) is 11.3 Å². The van der Waals surface area contributed by atoms with Crippen LogP contribution in [-0.4, -0.2) is 53.7 Å². The molecule has 0 saturated carbocycles. The fraction of sp³-hybridized carbons (Fsp3) is 0.611. The van der Waals surface area contributed by atoms with Crippen molar-refractivity contribution in [2.75, 3.05) is 26.2 Å². The lowest BCUT2D eigenvalue weighted by Gasteiger charge is -2.33. The highest BCUT2D eigenvalue weighted by molar-refractivity contribution is 7.14. The maximum absolute atomic E-state index is 12.6. The zero-order chi connectivity index (χ0) is 17.8. The molecule has 2 aliphatic heterocycles. The van der Waals surface area contributed by atoms with Crippen LogP contribution in [0.25, 0.3) is 0 Å². The highest BCUT2D eigenvalue weighted by Gasteiger charge is 2.28. The minimum Gasteiger partial charge on any atom is -0.351 e. The van der Waals surface area contributed by atoms with Crippen LogP contribution < -0.4 is 5.32 Å². The fourth-order valence-electron chi connectivity index (χ4n) is 3.48. The van der Waals surface area contributed by atoms with Crippen LogP contribution in [0.1, 0.15) is 47.2 Å². The van der Waals surface area contributed by atoms with Crippen LogP contribution in [0, 0.1) is 5.92 Å². The molecule has 2 aliphatic rings. The molecule has 3 heterocycles. The van der Waals surface area contributed by atoms with Gasteiger partial charge in [0.15, 0.2) is 0 Å². The second kappa shape index (κ2) is 7.99. The van der Waals surface area contributed by atoms with Gasteiger partial charge in [-0.2, -0.15) is 0 Å². The van der Waals surface area contributed by atoms with E-state index in [0.29, 0.717) is 18.9 Å². The molecule has 25 heavy (non-hydrogen) atoms. The molecule has 0 unspecified atom stereocenters. The Morgan fingerprint density at radius 1 is 1.24 bits per heavy atom. The molecule has 0 aliphatic carbocycles. The van der Waals surface area contributed by atoms with Gasteiger partial charge >= 0.3 is 0 Å². The lowest BCUT2D eigenvalue weighted by atomic mass is 9.96. The molecule has 0 aromatic carbocycles. The quantitative estimate of drug-likeness (QED) is 0.868.